The van der Waals surface area contributed by atoms with E-state index in [1.54, 1.807) is 6.92 Å². The monoisotopic (exact) mass is 246 g/mol. The molecule has 1 aromatic rings. The number of aromatic nitrogens is 1. The van der Waals surface area contributed by atoms with Crippen LogP contribution in [0.5, 0.6) is 0 Å². The van der Waals surface area contributed by atoms with E-state index in [9.17, 15) is 9.59 Å². The van der Waals surface area contributed by atoms with E-state index in [0.29, 0.717) is 11.3 Å². The first-order valence-electron chi connectivity index (χ1n) is 4.35. The molecule has 1 aliphatic heterocycles. The zero-order chi connectivity index (χ0) is 11.1. The summed E-state index contributed by atoms with van der Waals surface area (Å²) in [5.74, 6) is -0.507. The topological polar surface area (TPSA) is 110 Å². The fraction of sp³-hybridized carbons (Fsp3) is 0.375. The van der Waals surface area contributed by atoms with Crippen LogP contribution in [0.15, 0.2) is 10.8 Å². The van der Waals surface area contributed by atoms with E-state index >= 15 is 0 Å². The highest BCUT2D eigenvalue weighted by Crippen LogP contribution is 2.25. The fourth-order valence-corrected chi connectivity index (χ4v) is 1.60. The molecule has 2 heterocycles. The van der Waals surface area contributed by atoms with Crippen LogP contribution >= 0.6 is 12.4 Å². The van der Waals surface area contributed by atoms with Crippen molar-refractivity contribution in [1.29, 1.82) is 0 Å². The lowest BCUT2D eigenvalue weighted by Gasteiger charge is -2.21. The maximum atomic E-state index is 11.6. The Morgan fingerprint density at radius 3 is 2.62 bits per heavy atom. The molecular weight excluding hydrogens is 236 g/mol. The van der Waals surface area contributed by atoms with Crippen molar-refractivity contribution >= 4 is 24.3 Å². The number of hydrogen-bond acceptors (Lipinski definition) is 5. The van der Waals surface area contributed by atoms with Gasteiger partial charge in [-0.25, -0.2) is 4.79 Å². The summed E-state index contributed by atoms with van der Waals surface area (Å²) < 4.78 is 4.73. The number of imide groups is 1. The Hall–Kier alpha value is -1.60. The quantitative estimate of drug-likeness (QED) is 0.604. The van der Waals surface area contributed by atoms with E-state index in [4.69, 9.17) is 10.3 Å². The van der Waals surface area contributed by atoms with Crippen LogP contribution in [-0.2, 0) is 10.3 Å². The van der Waals surface area contributed by atoms with Gasteiger partial charge in [0.15, 0.2) is 5.54 Å². The molecule has 0 radical (unpaired) electrons. The Morgan fingerprint density at radius 1 is 1.56 bits per heavy atom. The summed E-state index contributed by atoms with van der Waals surface area (Å²) >= 11 is 0. The molecule has 0 saturated carbocycles. The second kappa shape index (κ2) is 4.11. The largest absolute Gasteiger partial charge is 0.364 e. The average Bonchev–Trinajstić information content (AvgIpc) is 2.71. The lowest BCUT2D eigenvalue weighted by molar-refractivity contribution is -0.124. The SMILES string of the molecule is Cc1conc1C1(CN)NC(=O)NC1=O.Cl. The van der Waals surface area contributed by atoms with Crippen molar-refractivity contribution in [1.82, 2.24) is 15.8 Å². The van der Waals surface area contributed by atoms with Crippen LogP contribution in [0, 0.1) is 6.92 Å². The van der Waals surface area contributed by atoms with Gasteiger partial charge in [0, 0.05) is 12.1 Å². The highest BCUT2D eigenvalue weighted by Gasteiger charge is 2.49. The lowest BCUT2D eigenvalue weighted by atomic mass is 9.93. The molecule has 0 spiro atoms. The third-order valence-corrected chi connectivity index (χ3v) is 2.40. The number of hydrogen-bond donors (Lipinski definition) is 3. The molecule has 0 aromatic carbocycles. The summed E-state index contributed by atoms with van der Waals surface area (Å²) in [5.41, 5.74) is 5.23. The molecule has 1 aromatic heterocycles. The first-order chi connectivity index (χ1) is 7.10. The van der Waals surface area contributed by atoms with Gasteiger partial charge >= 0.3 is 6.03 Å². The molecule has 8 heteroatoms. The highest BCUT2D eigenvalue weighted by atomic mass is 35.5. The Labute approximate surface area is 97.1 Å². The molecule has 1 unspecified atom stereocenters. The van der Waals surface area contributed by atoms with Crippen LogP contribution in [-0.4, -0.2) is 23.6 Å². The van der Waals surface area contributed by atoms with E-state index in [2.05, 4.69) is 15.8 Å². The Kier molecular flexibility index (Phi) is 3.20. The summed E-state index contributed by atoms with van der Waals surface area (Å²) in [5, 5.41) is 8.28. The van der Waals surface area contributed by atoms with Gasteiger partial charge in [0.1, 0.15) is 12.0 Å². The van der Waals surface area contributed by atoms with Crippen molar-refractivity contribution in [3.05, 3.63) is 17.5 Å². The van der Waals surface area contributed by atoms with Crippen molar-refractivity contribution in [2.45, 2.75) is 12.5 Å². The molecule has 3 amide bonds. The van der Waals surface area contributed by atoms with Gasteiger partial charge in [-0.05, 0) is 6.92 Å². The minimum Gasteiger partial charge on any atom is -0.364 e. The Morgan fingerprint density at radius 2 is 2.25 bits per heavy atom. The van der Waals surface area contributed by atoms with Gasteiger partial charge in [-0.2, -0.15) is 0 Å². The summed E-state index contributed by atoms with van der Waals surface area (Å²) in [6.07, 6.45) is 1.39. The number of rotatable bonds is 2. The number of amides is 3. The van der Waals surface area contributed by atoms with Crippen LogP contribution in [0.25, 0.3) is 0 Å². The van der Waals surface area contributed by atoms with Gasteiger partial charge in [0.25, 0.3) is 5.91 Å². The summed E-state index contributed by atoms with van der Waals surface area (Å²) in [7, 11) is 0. The van der Waals surface area contributed by atoms with Crippen molar-refractivity contribution in [2.75, 3.05) is 6.54 Å². The standard InChI is InChI=1S/C8H10N4O3.ClH/c1-4-2-15-12-5(4)8(3-9)6(13)10-7(14)11-8;/h2H,3,9H2,1H3,(H2,10,11,13,14);1H. The zero-order valence-electron chi connectivity index (χ0n) is 8.44. The molecular formula is C8H11ClN4O3. The third-order valence-electron chi connectivity index (χ3n) is 2.40. The predicted molar refractivity (Wildman–Crippen MR) is 55.9 cm³/mol. The molecule has 88 valence electrons. The number of aryl methyl sites for hydroxylation is 1. The fourth-order valence-electron chi connectivity index (χ4n) is 1.60. The maximum Gasteiger partial charge on any atom is 0.322 e. The minimum absolute atomic E-state index is 0. The van der Waals surface area contributed by atoms with Crippen LogP contribution in [0.1, 0.15) is 11.3 Å². The first-order valence-corrected chi connectivity index (χ1v) is 4.35. The number of urea groups is 1. The number of halogens is 1. The smallest absolute Gasteiger partial charge is 0.322 e. The van der Waals surface area contributed by atoms with Gasteiger partial charge in [0.2, 0.25) is 0 Å². The molecule has 1 saturated heterocycles. The van der Waals surface area contributed by atoms with Crippen LogP contribution in [0.4, 0.5) is 4.79 Å². The second-order valence-corrected chi connectivity index (χ2v) is 3.36. The number of nitrogens with one attached hydrogen (secondary N) is 2. The molecule has 0 bridgehead atoms. The van der Waals surface area contributed by atoms with E-state index in [1.807, 2.05) is 0 Å². The van der Waals surface area contributed by atoms with Gasteiger partial charge in [-0.1, -0.05) is 5.16 Å². The Bertz CT molecular complexity index is 433. The first kappa shape index (κ1) is 12.5. The van der Waals surface area contributed by atoms with Crippen molar-refractivity contribution in [2.24, 2.45) is 5.73 Å². The molecule has 7 nitrogen and oxygen atoms in total. The minimum atomic E-state index is -1.30. The number of carbonyl (C=O) groups is 2. The summed E-state index contributed by atoms with van der Waals surface area (Å²) in [4.78, 5) is 22.7. The van der Waals surface area contributed by atoms with Gasteiger partial charge in [0.05, 0.1) is 0 Å². The molecule has 4 N–H and O–H groups in total. The normalized spacial score (nSPS) is 23.6. The molecule has 0 aliphatic carbocycles. The number of carbonyl (C=O) groups excluding carboxylic acids is 2. The van der Waals surface area contributed by atoms with Gasteiger partial charge in [-0.15, -0.1) is 12.4 Å². The van der Waals surface area contributed by atoms with Crippen LogP contribution in [0.2, 0.25) is 0 Å². The van der Waals surface area contributed by atoms with Gasteiger partial charge in [-0.3, -0.25) is 10.1 Å². The third kappa shape index (κ3) is 1.54. The maximum absolute atomic E-state index is 11.6. The lowest BCUT2D eigenvalue weighted by Crippen LogP contribution is -2.50. The van der Waals surface area contributed by atoms with E-state index in [-0.39, 0.29) is 19.0 Å². The van der Waals surface area contributed by atoms with E-state index < -0.39 is 17.5 Å². The van der Waals surface area contributed by atoms with E-state index in [1.165, 1.54) is 6.26 Å². The van der Waals surface area contributed by atoms with Crippen LogP contribution < -0.4 is 16.4 Å². The number of nitrogens with zero attached hydrogens (tertiary/aromatic N) is 1. The summed E-state index contributed by atoms with van der Waals surface area (Å²) in [6, 6.07) is -0.576. The summed E-state index contributed by atoms with van der Waals surface area (Å²) in [6.45, 7) is 1.65. The predicted octanol–water partition coefficient (Wildman–Crippen LogP) is -0.602. The second-order valence-electron chi connectivity index (χ2n) is 3.36. The highest BCUT2D eigenvalue weighted by molar-refractivity contribution is 6.07. The Balaban J connectivity index is 0.00000128. The molecule has 1 aliphatic rings. The zero-order valence-corrected chi connectivity index (χ0v) is 9.26. The van der Waals surface area contributed by atoms with Gasteiger partial charge < -0.3 is 15.6 Å². The average molecular weight is 247 g/mol. The van der Waals surface area contributed by atoms with E-state index in [0.717, 1.165) is 0 Å². The molecule has 2 rings (SSSR count). The molecule has 16 heavy (non-hydrogen) atoms. The van der Waals surface area contributed by atoms with Crippen LogP contribution in [0.3, 0.4) is 0 Å². The molecule has 1 atom stereocenters. The molecule has 1 fully saturated rings. The van der Waals surface area contributed by atoms with Crippen molar-refractivity contribution in [3.63, 3.8) is 0 Å². The number of nitrogens with two attached hydrogens (primary N) is 1. The van der Waals surface area contributed by atoms with Crippen molar-refractivity contribution < 1.29 is 14.1 Å². The van der Waals surface area contributed by atoms with Crippen molar-refractivity contribution in [3.8, 4) is 0 Å².